The highest BCUT2D eigenvalue weighted by atomic mass is 32.2. The summed E-state index contributed by atoms with van der Waals surface area (Å²) >= 11 is 0.882. The Balaban J connectivity index is 1.52. The largest absolute Gasteiger partial charge is 0.481 e. The van der Waals surface area contributed by atoms with Gasteiger partial charge in [-0.3, -0.25) is 9.59 Å². The molecule has 6 nitrogen and oxygen atoms in total. The minimum atomic E-state index is -0.959. The lowest BCUT2D eigenvalue weighted by atomic mass is 9.98. The van der Waals surface area contributed by atoms with E-state index in [-0.39, 0.29) is 36.4 Å². The van der Waals surface area contributed by atoms with Gasteiger partial charge >= 0.3 is 12.1 Å². The second-order valence-electron chi connectivity index (χ2n) is 6.04. The first-order valence-electron chi connectivity index (χ1n) is 8.52. The van der Waals surface area contributed by atoms with Crippen LogP contribution >= 0.6 is 11.8 Å². The van der Waals surface area contributed by atoms with Crippen LogP contribution in [-0.4, -0.2) is 41.2 Å². The molecule has 0 atom stereocenters. The van der Waals surface area contributed by atoms with Crippen LogP contribution in [0.2, 0.25) is 0 Å². The van der Waals surface area contributed by atoms with Gasteiger partial charge < -0.3 is 15.2 Å². The van der Waals surface area contributed by atoms with Crippen LogP contribution in [0.15, 0.2) is 48.5 Å². The maximum absolute atomic E-state index is 11.9. The van der Waals surface area contributed by atoms with Crippen LogP contribution in [0.1, 0.15) is 23.5 Å². The number of nitrogens with one attached hydrogen (secondary N) is 1. The van der Waals surface area contributed by atoms with Crippen molar-refractivity contribution in [2.75, 3.05) is 18.9 Å². The molecule has 0 radical (unpaired) electrons. The molecule has 0 spiro atoms. The Morgan fingerprint density at radius 1 is 1.00 bits per heavy atom. The second-order valence-corrected chi connectivity index (χ2v) is 7.20. The smallest absolute Gasteiger partial charge is 0.407 e. The third-order valence-electron chi connectivity index (χ3n) is 4.30. The Hall–Kier alpha value is -2.80. The number of rotatable bonds is 7. The summed E-state index contributed by atoms with van der Waals surface area (Å²) < 4.78 is 5.33. The number of ether oxygens (including phenoxy) is 1. The third kappa shape index (κ3) is 4.68. The summed E-state index contributed by atoms with van der Waals surface area (Å²) in [5.74, 6) is -0.816. The van der Waals surface area contributed by atoms with E-state index in [1.807, 2.05) is 36.4 Å². The van der Waals surface area contributed by atoms with Gasteiger partial charge in [0.25, 0.3) is 0 Å². The quantitative estimate of drug-likeness (QED) is 0.760. The number of carboxylic acid groups (broad SMARTS) is 1. The Labute approximate surface area is 160 Å². The number of alkyl carbamates (subject to hydrolysis) is 1. The van der Waals surface area contributed by atoms with E-state index in [2.05, 4.69) is 17.4 Å². The molecule has 3 rings (SSSR count). The van der Waals surface area contributed by atoms with E-state index in [1.165, 1.54) is 0 Å². The number of amides is 1. The van der Waals surface area contributed by atoms with Gasteiger partial charge in [0.1, 0.15) is 6.61 Å². The van der Waals surface area contributed by atoms with E-state index in [0.29, 0.717) is 0 Å². The SMILES string of the molecule is O=C(O)CCSC(=O)CNC(=O)OCC1c2ccccc2-c2ccccc21. The maximum Gasteiger partial charge on any atom is 0.407 e. The van der Waals surface area contributed by atoms with Gasteiger partial charge in [-0.25, -0.2) is 4.79 Å². The number of fused-ring (bicyclic) bond motifs is 3. The molecule has 0 bridgehead atoms. The number of thioether (sulfide) groups is 1. The van der Waals surface area contributed by atoms with Gasteiger partial charge in [0.2, 0.25) is 5.12 Å². The highest BCUT2D eigenvalue weighted by Gasteiger charge is 2.28. The van der Waals surface area contributed by atoms with Crippen molar-refractivity contribution in [2.24, 2.45) is 0 Å². The summed E-state index contributed by atoms with van der Waals surface area (Å²) in [5.41, 5.74) is 4.53. The molecule has 0 unspecified atom stereocenters. The van der Waals surface area contributed by atoms with Crippen LogP contribution in [0, 0.1) is 0 Å². The van der Waals surface area contributed by atoms with Gasteiger partial charge in [-0.1, -0.05) is 60.3 Å². The van der Waals surface area contributed by atoms with Crippen molar-refractivity contribution in [3.05, 3.63) is 59.7 Å². The Morgan fingerprint density at radius 3 is 2.19 bits per heavy atom. The molecule has 1 aliphatic rings. The number of hydrogen-bond donors (Lipinski definition) is 2. The summed E-state index contributed by atoms with van der Waals surface area (Å²) in [6, 6.07) is 16.1. The standard InChI is InChI=1S/C20H19NO5S/c22-18(23)9-10-27-19(24)11-21-20(25)26-12-17-15-7-3-1-5-13(15)14-6-2-4-8-16(14)17/h1-8,17H,9-12H2,(H,21,25)(H,22,23). The molecule has 0 saturated carbocycles. The highest BCUT2D eigenvalue weighted by Crippen LogP contribution is 2.44. The van der Waals surface area contributed by atoms with Crippen LogP contribution < -0.4 is 5.32 Å². The predicted molar refractivity (Wildman–Crippen MR) is 103 cm³/mol. The second kappa shape index (κ2) is 8.73. The van der Waals surface area contributed by atoms with Gasteiger partial charge in [-0.05, 0) is 22.3 Å². The van der Waals surface area contributed by atoms with Crippen molar-refractivity contribution in [2.45, 2.75) is 12.3 Å². The maximum atomic E-state index is 11.9. The van der Waals surface area contributed by atoms with Crippen molar-refractivity contribution in [3.63, 3.8) is 0 Å². The number of hydrogen-bond acceptors (Lipinski definition) is 5. The molecule has 2 aromatic carbocycles. The monoisotopic (exact) mass is 385 g/mol. The van der Waals surface area contributed by atoms with Gasteiger partial charge in [-0.15, -0.1) is 0 Å². The average molecular weight is 385 g/mol. The van der Waals surface area contributed by atoms with E-state index < -0.39 is 12.1 Å². The van der Waals surface area contributed by atoms with Crippen LogP contribution in [-0.2, 0) is 14.3 Å². The van der Waals surface area contributed by atoms with Gasteiger partial charge in [0.05, 0.1) is 13.0 Å². The van der Waals surface area contributed by atoms with Crippen LogP contribution in [0.25, 0.3) is 11.1 Å². The number of carboxylic acids is 1. The van der Waals surface area contributed by atoms with Gasteiger partial charge in [0, 0.05) is 11.7 Å². The Morgan fingerprint density at radius 2 is 1.59 bits per heavy atom. The Kier molecular flexibility index (Phi) is 6.13. The molecule has 0 aromatic heterocycles. The zero-order valence-electron chi connectivity index (χ0n) is 14.5. The van der Waals surface area contributed by atoms with Gasteiger partial charge in [0.15, 0.2) is 0 Å². The molecule has 1 aliphatic carbocycles. The molecule has 1 amide bonds. The van der Waals surface area contributed by atoms with Crippen molar-refractivity contribution >= 4 is 28.9 Å². The van der Waals surface area contributed by atoms with Gasteiger partial charge in [-0.2, -0.15) is 0 Å². The summed E-state index contributed by atoms with van der Waals surface area (Å²) in [7, 11) is 0. The van der Waals surface area contributed by atoms with E-state index in [1.54, 1.807) is 0 Å². The van der Waals surface area contributed by atoms with Crippen LogP contribution in [0.4, 0.5) is 4.79 Å². The predicted octanol–water partition coefficient (Wildman–Crippen LogP) is 3.26. The van der Waals surface area contributed by atoms with Crippen molar-refractivity contribution in [3.8, 4) is 11.1 Å². The molecule has 0 aliphatic heterocycles. The number of benzene rings is 2. The fourth-order valence-electron chi connectivity index (χ4n) is 3.10. The minimum Gasteiger partial charge on any atom is -0.481 e. The summed E-state index contributed by atoms with van der Waals surface area (Å²) in [6.45, 7) is -0.0127. The lowest BCUT2D eigenvalue weighted by molar-refractivity contribution is -0.136. The topological polar surface area (TPSA) is 92.7 Å². The van der Waals surface area contributed by atoms with E-state index in [9.17, 15) is 14.4 Å². The van der Waals surface area contributed by atoms with Crippen molar-refractivity contribution in [1.82, 2.24) is 5.32 Å². The molecule has 0 fully saturated rings. The normalized spacial score (nSPS) is 12.1. The van der Waals surface area contributed by atoms with E-state index in [4.69, 9.17) is 9.84 Å². The van der Waals surface area contributed by atoms with Crippen LogP contribution in [0.5, 0.6) is 0 Å². The molecule has 2 N–H and O–H groups in total. The van der Waals surface area contributed by atoms with E-state index >= 15 is 0 Å². The summed E-state index contributed by atoms with van der Waals surface area (Å²) in [6.07, 6.45) is -0.759. The molecule has 0 heterocycles. The van der Waals surface area contributed by atoms with Crippen molar-refractivity contribution in [1.29, 1.82) is 0 Å². The fourth-order valence-corrected chi connectivity index (χ4v) is 3.78. The van der Waals surface area contributed by atoms with Crippen LogP contribution in [0.3, 0.4) is 0 Å². The first-order valence-corrected chi connectivity index (χ1v) is 9.51. The molecule has 27 heavy (non-hydrogen) atoms. The molecule has 0 saturated heterocycles. The first-order chi connectivity index (χ1) is 13.1. The van der Waals surface area contributed by atoms with Crippen molar-refractivity contribution < 1.29 is 24.2 Å². The number of aliphatic carboxylic acids is 1. The molecule has 2 aromatic rings. The summed E-state index contributed by atoms with van der Waals surface area (Å²) in [4.78, 5) is 34.0. The lowest BCUT2D eigenvalue weighted by Gasteiger charge is -2.14. The third-order valence-corrected chi connectivity index (χ3v) is 5.17. The average Bonchev–Trinajstić information content (AvgIpc) is 2.98. The molecule has 7 heteroatoms. The number of carbonyl (C=O) groups excluding carboxylic acids is 2. The molecule has 140 valence electrons. The highest BCUT2D eigenvalue weighted by molar-refractivity contribution is 8.13. The lowest BCUT2D eigenvalue weighted by Crippen LogP contribution is -2.30. The zero-order valence-corrected chi connectivity index (χ0v) is 15.3. The Bertz CT molecular complexity index is 821. The number of carbonyl (C=O) groups is 3. The molecular weight excluding hydrogens is 366 g/mol. The van der Waals surface area contributed by atoms with E-state index in [0.717, 1.165) is 34.0 Å². The fraction of sp³-hybridized carbons (Fsp3) is 0.250. The first kappa shape index (κ1) is 19.0. The minimum absolute atomic E-state index is 0.0382. The zero-order chi connectivity index (χ0) is 19.2. The summed E-state index contributed by atoms with van der Waals surface area (Å²) in [5, 5.41) is 10.7. The molecular formula is C20H19NO5S.